The molecule has 0 aliphatic heterocycles. The van der Waals surface area contributed by atoms with Crippen LogP contribution in [0.3, 0.4) is 0 Å². The molecule has 14 heteroatoms. The Balaban J connectivity index is 2.28. The van der Waals surface area contributed by atoms with Gasteiger partial charge in [0, 0.05) is 28.0 Å². The number of hydrogen-bond donors (Lipinski definition) is 3. The van der Waals surface area contributed by atoms with Gasteiger partial charge in [0.15, 0.2) is 6.61 Å². The van der Waals surface area contributed by atoms with Gasteiger partial charge in [0.25, 0.3) is 11.8 Å². The number of nitrogens with one attached hydrogen (secondary N) is 2. The Kier molecular flexibility index (Phi) is 11.7. The number of rotatable bonds is 13. The van der Waals surface area contributed by atoms with Crippen LogP contribution in [-0.4, -0.2) is 54.9 Å². The first kappa shape index (κ1) is 33.2. The maximum Gasteiger partial charge on any atom is 0.405 e. The van der Waals surface area contributed by atoms with Crippen molar-refractivity contribution in [2.24, 2.45) is 17.6 Å². The molecule has 0 spiro atoms. The van der Waals surface area contributed by atoms with Gasteiger partial charge in [-0.25, -0.2) is 0 Å². The lowest BCUT2D eigenvalue weighted by Crippen LogP contribution is -2.60. The van der Waals surface area contributed by atoms with E-state index in [0.717, 1.165) is 5.32 Å². The lowest BCUT2D eigenvalue weighted by atomic mass is 9.78. The molecule has 2 aromatic rings. The maximum atomic E-state index is 14.8. The molecule has 0 radical (unpaired) electrons. The molecule has 2 aromatic carbocycles. The second-order valence-electron chi connectivity index (χ2n) is 9.34. The molecule has 40 heavy (non-hydrogen) atoms. The van der Waals surface area contributed by atoms with Crippen molar-refractivity contribution in [1.29, 1.82) is 0 Å². The van der Waals surface area contributed by atoms with Crippen LogP contribution in [0.1, 0.15) is 19.4 Å². The molecule has 1 unspecified atom stereocenters. The Labute approximate surface area is 237 Å². The Morgan fingerprint density at radius 2 is 1.55 bits per heavy atom. The molecule has 220 valence electrons. The van der Waals surface area contributed by atoms with E-state index in [1.165, 1.54) is 32.0 Å². The van der Waals surface area contributed by atoms with E-state index in [4.69, 9.17) is 33.7 Å². The summed E-state index contributed by atoms with van der Waals surface area (Å²) < 4.78 is 72.3. The van der Waals surface area contributed by atoms with E-state index in [9.17, 15) is 36.3 Å². The first-order valence-electron chi connectivity index (χ1n) is 12.0. The fraction of sp³-hybridized carbons (Fsp3) is 0.423. The number of ketones is 1. The highest BCUT2D eigenvalue weighted by Crippen LogP contribution is 2.29. The summed E-state index contributed by atoms with van der Waals surface area (Å²) in [6, 6.07) is 10.1. The summed E-state index contributed by atoms with van der Waals surface area (Å²) in [7, 11) is 0. The average molecular weight is 612 g/mol. The van der Waals surface area contributed by atoms with Crippen molar-refractivity contribution in [1.82, 2.24) is 10.6 Å². The Bertz CT molecular complexity index is 1160. The van der Waals surface area contributed by atoms with Crippen LogP contribution in [0.15, 0.2) is 48.5 Å². The lowest BCUT2D eigenvalue weighted by Gasteiger charge is -2.34. The van der Waals surface area contributed by atoms with Gasteiger partial charge in [0.2, 0.25) is 5.78 Å². The zero-order chi connectivity index (χ0) is 30.3. The molecule has 0 fully saturated rings. The minimum absolute atomic E-state index is 0.000911. The molecule has 0 bridgehead atoms. The van der Waals surface area contributed by atoms with Gasteiger partial charge < -0.3 is 21.1 Å². The van der Waals surface area contributed by atoms with Gasteiger partial charge in [-0.3, -0.25) is 14.4 Å². The van der Waals surface area contributed by atoms with Gasteiger partial charge in [-0.2, -0.15) is 22.0 Å². The minimum Gasteiger partial charge on any atom is -0.484 e. The monoisotopic (exact) mass is 611 g/mol. The summed E-state index contributed by atoms with van der Waals surface area (Å²) in [5.74, 6) is -12.3. The van der Waals surface area contributed by atoms with Gasteiger partial charge in [-0.15, -0.1) is 0 Å². The van der Waals surface area contributed by atoms with Gasteiger partial charge in [-0.1, -0.05) is 67.4 Å². The standard InChI is InChI=1S/C26H28Cl2F5N3O4/c1-14(2)21(23(38)26(32,33)24(39)35-13-25(29,30)31)22(34)19(8-15-6-4-3-5-7-15)36-20(37)12-40-18-10-16(27)9-17(28)11-18/h3-7,9-11,14,19,21-22H,8,12-13,34H2,1-2H3,(H,35,39)(H,36,37)/t19-,21-,22?/m0/s1. The van der Waals surface area contributed by atoms with Gasteiger partial charge in [-0.05, 0) is 36.1 Å². The number of nitrogens with two attached hydrogens (primary N) is 1. The molecule has 0 saturated heterocycles. The quantitative estimate of drug-likeness (QED) is 0.227. The Morgan fingerprint density at radius 3 is 2.08 bits per heavy atom. The first-order chi connectivity index (χ1) is 18.5. The number of halogens is 7. The Hall–Kier alpha value is -2.96. The topological polar surface area (TPSA) is 111 Å². The fourth-order valence-electron chi connectivity index (χ4n) is 3.95. The van der Waals surface area contributed by atoms with E-state index in [0.29, 0.717) is 5.56 Å². The molecule has 0 aliphatic carbocycles. The second-order valence-corrected chi connectivity index (χ2v) is 10.2. The summed E-state index contributed by atoms with van der Waals surface area (Å²) in [5, 5.41) is 4.13. The molecule has 0 saturated carbocycles. The zero-order valence-electron chi connectivity index (χ0n) is 21.4. The van der Waals surface area contributed by atoms with Crippen LogP contribution in [-0.2, 0) is 20.8 Å². The molecule has 2 rings (SSSR count). The zero-order valence-corrected chi connectivity index (χ0v) is 22.9. The molecule has 0 aliphatic rings. The molecular weight excluding hydrogens is 584 g/mol. The number of hydrogen-bond acceptors (Lipinski definition) is 5. The maximum absolute atomic E-state index is 14.8. The van der Waals surface area contributed by atoms with Crippen molar-refractivity contribution >= 4 is 40.8 Å². The van der Waals surface area contributed by atoms with Gasteiger partial charge >= 0.3 is 12.1 Å². The van der Waals surface area contributed by atoms with Crippen molar-refractivity contribution in [2.75, 3.05) is 13.2 Å². The van der Waals surface area contributed by atoms with Crippen LogP contribution in [0.25, 0.3) is 0 Å². The van der Waals surface area contributed by atoms with Crippen LogP contribution in [0.5, 0.6) is 5.75 Å². The number of ether oxygens (including phenoxy) is 1. The summed E-state index contributed by atoms with van der Waals surface area (Å²) >= 11 is 11.8. The number of alkyl halides is 5. The normalized spacial score (nSPS) is 14.3. The number of benzene rings is 2. The Morgan fingerprint density at radius 1 is 0.975 bits per heavy atom. The largest absolute Gasteiger partial charge is 0.484 e. The van der Waals surface area contributed by atoms with Crippen molar-refractivity contribution in [3.05, 3.63) is 64.1 Å². The van der Waals surface area contributed by atoms with Crippen LogP contribution in [0.2, 0.25) is 10.0 Å². The summed E-state index contributed by atoms with van der Waals surface area (Å²) in [6.07, 6.45) is -4.97. The van der Waals surface area contributed by atoms with Crippen LogP contribution in [0.4, 0.5) is 22.0 Å². The van der Waals surface area contributed by atoms with E-state index in [1.54, 1.807) is 30.3 Å². The van der Waals surface area contributed by atoms with Crippen molar-refractivity contribution in [3.63, 3.8) is 0 Å². The molecule has 7 nitrogen and oxygen atoms in total. The van der Waals surface area contributed by atoms with Crippen molar-refractivity contribution < 1.29 is 41.1 Å². The van der Waals surface area contributed by atoms with E-state index < -0.39 is 66.8 Å². The molecule has 2 amide bonds. The number of carbonyl (C=O) groups excluding carboxylic acids is 3. The SMILES string of the molecule is CC(C)[C@H](C(=O)C(F)(F)C(=O)NCC(F)(F)F)C(N)[C@H](Cc1ccccc1)NC(=O)COc1cc(Cl)cc(Cl)c1. The van der Waals surface area contributed by atoms with E-state index in [-0.39, 0.29) is 22.2 Å². The van der Waals surface area contributed by atoms with Crippen molar-refractivity contribution in [2.45, 2.75) is 44.5 Å². The van der Waals surface area contributed by atoms with Crippen LogP contribution >= 0.6 is 23.2 Å². The summed E-state index contributed by atoms with van der Waals surface area (Å²) in [5.41, 5.74) is 6.93. The van der Waals surface area contributed by atoms with Crippen LogP contribution in [0, 0.1) is 11.8 Å². The van der Waals surface area contributed by atoms with E-state index in [2.05, 4.69) is 5.32 Å². The average Bonchev–Trinajstić information content (AvgIpc) is 2.85. The first-order valence-corrected chi connectivity index (χ1v) is 12.7. The number of Topliss-reactive ketones (excluding diaryl/α,β-unsaturated/α-hetero) is 1. The molecular formula is C26H28Cl2F5N3O4. The fourth-order valence-corrected chi connectivity index (χ4v) is 4.45. The predicted octanol–water partition coefficient (Wildman–Crippen LogP) is 4.58. The minimum atomic E-state index is -4.97. The highest BCUT2D eigenvalue weighted by molar-refractivity contribution is 6.34. The molecule has 0 aromatic heterocycles. The van der Waals surface area contributed by atoms with Gasteiger partial charge in [0.1, 0.15) is 12.3 Å². The predicted molar refractivity (Wildman–Crippen MR) is 139 cm³/mol. The summed E-state index contributed by atoms with van der Waals surface area (Å²) in [6.45, 7) is 0.182. The molecule has 4 N–H and O–H groups in total. The molecule has 0 heterocycles. The number of amides is 2. The van der Waals surface area contributed by atoms with Crippen molar-refractivity contribution in [3.8, 4) is 5.75 Å². The smallest absolute Gasteiger partial charge is 0.405 e. The van der Waals surface area contributed by atoms with E-state index in [1.807, 2.05) is 0 Å². The summed E-state index contributed by atoms with van der Waals surface area (Å²) in [4.78, 5) is 37.6. The third kappa shape index (κ3) is 9.90. The number of carbonyl (C=O) groups is 3. The van der Waals surface area contributed by atoms with Gasteiger partial charge in [0.05, 0.1) is 0 Å². The second kappa shape index (κ2) is 14.1. The highest BCUT2D eigenvalue weighted by atomic mass is 35.5. The molecule has 3 atom stereocenters. The third-order valence-electron chi connectivity index (χ3n) is 5.80. The van der Waals surface area contributed by atoms with Crippen LogP contribution < -0.4 is 21.1 Å². The lowest BCUT2D eigenvalue weighted by molar-refractivity contribution is -0.167. The highest BCUT2D eigenvalue weighted by Gasteiger charge is 2.53. The third-order valence-corrected chi connectivity index (χ3v) is 6.23. The van der Waals surface area contributed by atoms with E-state index >= 15 is 0 Å².